The highest BCUT2D eigenvalue weighted by Gasteiger charge is 2.44. The fraction of sp³-hybridized carbons (Fsp3) is 0.667. The van der Waals surface area contributed by atoms with Crippen LogP contribution in [0.2, 0.25) is 0 Å². The number of aliphatic hydroxyl groups is 3. The number of imidazole rings is 1. The molecule has 0 saturated carbocycles. The number of fused-ring (bicyclic) bond motifs is 1. The number of aromatic nitrogens is 4. The van der Waals surface area contributed by atoms with E-state index in [-0.39, 0.29) is 6.61 Å². The van der Waals surface area contributed by atoms with Gasteiger partial charge in [0.2, 0.25) is 0 Å². The van der Waals surface area contributed by atoms with Gasteiger partial charge in [0.15, 0.2) is 11.9 Å². The lowest BCUT2D eigenvalue weighted by molar-refractivity contribution is -0.0511. The Labute approximate surface area is 143 Å². The van der Waals surface area contributed by atoms with Crippen molar-refractivity contribution in [3.05, 3.63) is 18.3 Å². The number of ether oxygens (including phenoxy) is 2. The molecule has 2 aliphatic rings. The van der Waals surface area contributed by atoms with Crippen molar-refractivity contribution in [2.24, 2.45) is 0 Å². The van der Waals surface area contributed by atoms with Crippen LogP contribution in [0.1, 0.15) is 11.9 Å². The van der Waals surface area contributed by atoms with Crippen LogP contribution in [0.15, 0.2) is 12.7 Å². The summed E-state index contributed by atoms with van der Waals surface area (Å²) in [6.45, 7) is 3.33. The first-order chi connectivity index (χ1) is 12.2. The topological polar surface area (TPSA) is 126 Å². The van der Waals surface area contributed by atoms with Crippen molar-refractivity contribution >= 4 is 11.2 Å². The third-order valence-corrected chi connectivity index (χ3v) is 4.70. The van der Waals surface area contributed by atoms with Gasteiger partial charge >= 0.3 is 0 Å². The second-order valence-electron chi connectivity index (χ2n) is 6.26. The number of morpholine rings is 1. The minimum Gasteiger partial charge on any atom is -0.394 e. The van der Waals surface area contributed by atoms with E-state index < -0.39 is 24.5 Å². The molecule has 0 aliphatic carbocycles. The molecule has 0 aromatic carbocycles. The smallest absolute Gasteiger partial charge is 0.165 e. The Morgan fingerprint density at radius 2 is 1.92 bits per heavy atom. The SMILES string of the molecule is OC[C@H]1O[C@@H](n2cnc3c(CN4CCOCC4)ncnc32)[C@H](O)[C@@H]1O. The molecular formula is C15H21N5O5. The van der Waals surface area contributed by atoms with Crippen LogP contribution in [0.4, 0.5) is 0 Å². The Morgan fingerprint density at radius 3 is 2.64 bits per heavy atom. The summed E-state index contributed by atoms with van der Waals surface area (Å²) >= 11 is 0. The van der Waals surface area contributed by atoms with Crippen molar-refractivity contribution in [3.8, 4) is 0 Å². The molecule has 2 saturated heterocycles. The Morgan fingerprint density at radius 1 is 1.12 bits per heavy atom. The molecule has 0 unspecified atom stereocenters. The van der Waals surface area contributed by atoms with Gasteiger partial charge in [0.1, 0.15) is 30.2 Å². The van der Waals surface area contributed by atoms with E-state index in [0.29, 0.717) is 30.9 Å². The molecule has 4 atom stereocenters. The van der Waals surface area contributed by atoms with Crippen LogP contribution in [0.5, 0.6) is 0 Å². The Hall–Kier alpha value is -1.69. The van der Waals surface area contributed by atoms with E-state index >= 15 is 0 Å². The molecule has 2 aromatic rings. The Balaban J connectivity index is 1.62. The summed E-state index contributed by atoms with van der Waals surface area (Å²) in [4.78, 5) is 15.2. The summed E-state index contributed by atoms with van der Waals surface area (Å²) in [5.41, 5.74) is 1.94. The summed E-state index contributed by atoms with van der Waals surface area (Å²) < 4.78 is 12.5. The second-order valence-corrected chi connectivity index (χ2v) is 6.26. The second kappa shape index (κ2) is 6.90. The van der Waals surface area contributed by atoms with Gasteiger partial charge in [0.05, 0.1) is 31.8 Å². The summed E-state index contributed by atoms with van der Waals surface area (Å²) in [6, 6.07) is 0. The number of hydrogen-bond acceptors (Lipinski definition) is 9. The normalized spacial score (nSPS) is 31.0. The van der Waals surface area contributed by atoms with Crippen LogP contribution in [-0.4, -0.2) is 91.0 Å². The van der Waals surface area contributed by atoms with Crippen molar-refractivity contribution in [3.63, 3.8) is 0 Å². The van der Waals surface area contributed by atoms with Crippen molar-refractivity contribution in [1.29, 1.82) is 0 Å². The van der Waals surface area contributed by atoms with E-state index in [1.165, 1.54) is 12.7 Å². The van der Waals surface area contributed by atoms with Crippen molar-refractivity contribution in [2.45, 2.75) is 31.1 Å². The van der Waals surface area contributed by atoms with E-state index in [2.05, 4.69) is 19.9 Å². The highest BCUT2D eigenvalue weighted by Crippen LogP contribution is 2.31. The molecule has 10 heteroatoms. The zero-order chi connectivity index (χ0) is 17.4. The monoisotopic (exact) mass is 351 g/mol. The third kappa shape index (κ3) is 3.01. The first kappa shape index (κ1) is 16.8. The van der Waals surface area contributed by atoms with Gasteiger partial charge in [0.25, 0.3) is 0 Å². The van der Waals surface area contributed by atoms with E-state index in [0.717, 1.165) is 18.8 Å². The fourth-order valence-corrected chi connectivity index (χ4v) is 3.28. The maximum atomic E-state index is 10.2. The molecule has 2 aliphatic heterocycles. The summed E-state index contributed by atoms with van der Waals surface area (Å²) in [6.07, 6.45) is -1.06. The average molecular weight is 351 g/mol. The van der Waals surface area contributed by atoms with Gasteiger partial charge < -0.3 is 24.8 Å². The zero-order valence-corrected chi connectivity index (χ0v) is 13.6. The van der Waals surface area contributed by atoms with Gasteiger partial charge in [-0.05, 0) is 0 Å². The highest BCUT2D eigenvalue weighted by atomic mass is 16.6. The van der Waals surface area contributed by atoms with Gasteiger partial charge in [-0.1, -0.05) is 0 Å². The molecule has 2 fully saturated rings. The number of aliphatic hydroxyl groups excluding tert-OH is 3. The number of hydrogen-bond donors (Lipinski definition) is 3. The van der Waals surface area contributed by atoms with Crippen LogP contribution in [-0.2, 0) is 16.0 Å². The predicted octanol–water partition coefficient (Wildman–Crippen LogP) is -1.73. The van der Waals surface area contributed by atoms with Gasteiger partial charge in [-0.15, -0.1) is 0 Å². The summed E-state index contributed by atoms with van der Waals surface area (Å²) in [7, 11) is 0. The Kier molecular flexibility index (Phi) is 4.63. The first-order valence-corrected chi connectivity index (χ1v) is 8.28. The van der Waals surface area contributed by atoms with Crippen molar-refractivity contribution in [1.82, 2.24) is 24.4 Å². The third-order valence-electron chi connectivity index (χ3n) is 4.70. The molecule has 136 valence electrons. The molecule has 0 amide bonds. The largest absolute Gasteiger partial charge is 0.394 e. The molecule has 4 rings (SSSR count). The minimum atomic E-state index is -1.17. The van der Waals surface area contributed by atoms with Gasteiger partial charge in [0, 0.05) is 19.6 Å². The molecule has 3 N–H and O–H groups in total. The van der Waals surface area contributed by atoms with E-state index in [1.54, 1.807) is 4.57 Å². The quantitative estimate of drug-likeness (QED) is 0.589. The van der Waals surface area contributed by atoms with Gasteiger partial charge in [-0.2, -0.15) is 0 Å². The van der Waals surface area contributed by atoms with Crippen LogP contribution in [0.25, 0.3) is 11.2 Å². The molecule has 10 nitrogen and oxygen atoms in total. The van der Waals surface area contributed by atoms with Gasteiger partial charge in [-0.25, -0.2) is 15.0 Å². The lowest BCUT2D eigenvalue weighted by atomic mass is 10.1. The maximum Gasteiger partial charge on any atom is 0.165 e. The maximum absolute atomic E-state index is 10.2. The van der Waals surface area contributed by atoms with Gasteiger partial charge in [-0.3, -0.25) is 9.47 Å². The molecule has 2 aromatic heterocycles. The molecule has 0 radical (unpaired) electrons. The lowest BCUT2D eigenvalue weighted by Crippen LogP contribution is -2.36. The van der Waals surface area contributed by atoms with E-state index in [4.69, 9.17) is 9.47 Å². The average Bonchev–Trinajstić information content (AvgIpc) is 3.18. The van der Waals surface area contributed by atoms with Crippen LogP contribution in [0.3, 0.4) is 0 Å². The molecule has 0 bridgehead atoms. The number of rotatable bonds is 4. The molecule has 4 heterocycles. The lowest BCUT2D eigenvalue weighted by Gasteiger charge is -2.26. The fourth-order valence-electron chi connectivity index (χ4n) is 3.28. The zero-order valence-electron chi connectivity index (χ0n) is 13.6. The van der Waals surface area contributed by atoms with Crippen molar-refractivity contribution in [2.75, 3.05) is 32.9 Å². The molecule has 25 heavy (non-hydrogen) atoms. The predicted molar refractivity (Wildman–Crippen MR) is 84.4 cm³/mol. The highest BCUT2D eigenvalue weighted by molar-refractivity contribution is 5.73. The summed E-state index contributed by atoms with van der Waals surface area (Å²) in [5.74, 6) is 0. The van der Waals surface area contributed by atoms with Crippen LogP contribution >= 0.6 is 0 Å². The van der Waals surface area contributed by atoms with E-state index in [9.17, 15) is 15.3 Å². The van der Waals surface area contributed by atoms with Crippen LogP contribution in [0, 0.1) is 0 Å². The molecular weight excluding hydrogens is 330 g/mol. The number of nitrogens with zero attached hydrogens (tertiary/aromatic N) is 5. The summed E-state index contributed by atoms with van der Waals surface area (Å²) in [5, 5.41) is 29.4. The Bertz CT molecular complexity index is 734. The van der Waals surface area contributed by atoms with E-state index in [1.807, 2.05) is 0 Å². The molecule has 0 spiro atoms. The first-order valence-electron chi connectivity index (χ1n) is 8.28. The van der Waals surface area contributed by atoms with Crippen LogP contribution < -0.4 is 0 Å². The van der Waals surface area contributed by atoms with Crippen molar-refractivity contribution < 1.29 is 24.8 Å². The standard InChI is InChI=1S/C15H21N5O5/c21-6-10-12(22)13(23)15(25-10)20-8-18-11-9(16-7-17-14(11)20)5-19-1-3-24-4-2-19/h7-8,10,12-13,15,21-23H,1-6H2/t10-,12-,13-,15-/m1/s1. The minimum absolute atomic E-state index is 0.376.